The minimum absolute atomic E-state index is 0.0135. The van der Waals surface area contributed by atoms with Gasteiger partial charge in [-0.25, -0.2) is 8.78 Å². The number of aliphatic hydroxyl groups is 1. The normalized spacial score (nSPS) is 21.5. The van der Waals surface area contributed by atoms with Crippen molar-refractivity contribution in [2.45, 2.75) is 75.6 Å². The number of hydrogen-bond acceptors (Lipinski definition) is 8. The lowest BCUT2D eigenvalue weighted by Crippen LogP contribution is -2.55. The first-order valence-corrected chi connectivity index (χ1v) is 17.4. The first kappa shape index (κ1) is 32.5. The molecule has 0 aliphatic carbocycles. The summed E-state index contributed by atoms with van der Waals surface area (Å²) in [6.45, 7) is 10.4. The quantitative estimate of drug-likeness (QED) is 0.197. The maximum atomic E-state index is 17.2. The lowest BCUT2D eigenvalue weighted by atomic mass is 9.89. The van der Waals surface area contributed by atoms with Crippen molar-refractivity contribution in [3.05, 3.63) is 65.9 Å². The van der Waals surface area contributed by atoms with Gasteiger partial charge in [0.05, 0.1) is 22.1 Å². The van der Waals surface area contributed by atoms with E-state index in [0.29, 0.717) is 47.2 Å². The van der Waals surface area contributed by atoms with Gasteiger partial charge in [-0.05, 0) is 101 Å². The van der Waals surface area contributed by atoms with Gasteiger partial charge in [0.15, 0.2) is 5.82 Å². The molecule has 1 amide bonds. The molecule has 0 radical (unpaired) electrons. The monoisotopic (exact) mass is 678 g/mol. The van der Waals surface area contributed by atoms with Crippen LogP contribution >= 0.6 is 0 Å². The number of pyridine rings is 1. The summed E-state index contributed by atoms with van der Waals surface area (Å²) in [5, 5.41) is 12.2. The molecule has 9 nitrogen and oxygen atoms in total. The molecule has 258 valence electrons. The number of fused-ring (bicyclic) bond motifs is 5. The number of nitrogens with zero attached hydrogens (tertiary/aromatic N) is 6. The summed E-state index contributed by atoms with van der Waals surface area (Å²) >= 11 is 0. The Morgan fingerprint density at radius 2 is 1.88 bits per heavy atom. The van der Waals surface area contributed by atoms with E-state index < -0.39 is 17.2 Å². The Morgan fingerprint density at radius 3 is 2.54 bits per heavy atom. The molecule has 4 aliphatic rings. The van der Waals surface area contributed by atoms with Crippen molar-refractivity contribution in [3.8, 4) is 29.6 Å². The van der Waals surface area contributed by atoms with Gasteiger partial charge in [0.25, 0.3) is 0 Å². The standard InChI is InChI=1S/C39H40F2N6O3/c1-5-27-30(40)12-9-23-17-24(38(3,4)49)18-28(32(23)27)34-33(41)35-29(19-42-34)36(45-20-25-10-11-26(21-45)47(25)31(48)6-2)44-37(43-35)50-22-39-13-7-15-46(39)16-8-14-39/h1,6,9,12,17-19,25-26,49H,2,7-8,10-11,13-16,20-22H2,3-4H3/t25-,26+. The average molecular weight is 679 g/mol. The second-order valence-electron chi connectivity index (χ2n) is 14.7. The third-order valence-electron chi connectivity index (χ3n) is 11.3. The Hall–Kier alpha value is -4.66. The van der Waals surface area contributed by atoms with Crippen molar-refractivity contribution in [2.24, 2.45) is 0 Å². The van der Waals surface area contributed by atoms with Gasteiger partial charge in [0.2, 0.25) is 5.91 Å². The van der Waals surface area contributed by atoms with E-state index >= 15 is 8.78 Å². The molecule has 11 heteroatoms. The fourth-order valence-corrected chi connectivity index (χ4v) is 8.84. The Kier molecular flexibility index (Phi) is 7.80. The summed E-state index contributed by atoms with van der Waals surface area (Å²) < 4.78 is 38.7. The van der Waals surface area contributed by atoms with Crippen LogP contribution < -0.4 is 9.64 Å². The Bertz CT molecular complexity index is 2080. The molecule has 0 saturated carbocycles. The molecule has 6 heterocycles. The molecule has 0 spiro atoms. The average Bonchev–Trinajstić information content (AvgIpc) is 3.76. The van der Waals surface area contributed by atoms with Crippen molar-refractivity contribution >= 4 is 33.4 Å². The molecule has 2 aromatic carbocycles. The SMILES string of the molecule is C#Cc1c(F)ccc2cc(C(C)(C)O)cc(-c3ncc4c(N5C[C@H]6CC[C@@H](C5)N6C(=O)C=C)nc(OCC56CCCN5CCC6)nc4c3F)c12. The summed E-state index contributed by atoms with van der Waals surface area (Å²) in [5.74, 6) is 1.49. The lowest BCUT2D eigenvalue weighted by Gasteiger charge is -2.41. The first-order chi connectivity index (χ1) is 24.0. The largest absolute Gasteiger partial charge is 0.461 e. The maximum absolute atomic E-state index is 17.2. The van der Waals surface area contributed by atoms with E-state index in [4.69, 9.17) is 16.1 Å². The molecule has 8 rings (SSSR count). The Morgan fingerprint density at radius 1 is 1.16 bits per heavy atom. The summed E-state index contributed by atoms with van der Waals surface area (Å²) in [6.07, 6.45) is 14.6. The van der Waals surface area contributed by atoms with Crippen LogP contribution in [0.2, 0.25) is 0 Å². The summed E-state index contributed by atoms with van der Waals surface area (Å²) in [7, 11) is 0. The fourth-order valence-electron chi connectivity index (χ4n) is 8.84. The van der Waals surface area contributed by atoms with Gasteiger partial charge in [-0.2, -0.15) is 9.97 Å². The van der Waals surface area contributed by atoms with Gasteiger partial charge in [-0.3, -0.25) is 14.7 Å². The van der Waals surface area contributed by atoms with Gasteiger partial charge in [-0.15, -0.1) is 6.42 Å². The molecule has 2 atom stereocenters. The van der Waals surface area contributed by atoms with Crippen LogP contribution in [0.25, 0.3) is 32.9 Å². The molecule has 0 unspecified atom stereocenters. The fraction of sp³-hybridized carbons (Fsp3) is 0.436. The summed E-state index contributed by atoms with van der Waals surface area (Å²) in [5.41, 5.74) is -0.726. The molecule has 1 N–H and O–H groups in total. The molecule has 2 aromatic heterocycles. The van der Waals surface area contributed by atoms with E-state index in [0.717, 1.165) is 51.6 Å². The van der Waals surface area contributed by atoms with Crippen LogP contribution in [0.1, 0.15) is 63.5 Å². The summed E-state index contributed by atoms with van der Waals surface area (Å²) in [4.78, 5) is 33.4. The molecule has 50 heavy (non-hydrogen) atoms. The predicted molar refractivity (Wildman–Crippen MR) is 188 cm³/mol. The number of ether oxygens (including phenoxy) is 1. The lowest BCUT2D eigenvalue weighted by molar-refractivity contribution is -0.129. The van der Waals surface area contributed by atoms with Crippen molar-refractivity contribution in [1.29, 1.82) is 0 Å². The van der Waals surface area contributed by atoms with Crippen molar-refractivity contribution in [3.63, 3.8) is 0 Å². The minimum atomic E-state index is -1.29. The van der Waals surface area contributed by atoms with Crippen LogP contribution in [0.15, 0.2) is 43.1 Å². The third-order valence-corrected chi connectivity index (χ3v) is 11.3. The molecule has 2 bridgehead atoms. The van der Waals surface area contributed by atoms with Crippen LogP contribution in [-0.2, 0) is 10.4 Å². The number of piperazine rings is 1. The highest BCUT2D eigenvalue weighted by Gasteiger charge is 2.46. The van der Waals surface area contributed by atoms with Gasteiger partial charge in [-0.1, -0.05) is 18.6 Å². The topological polar surface area (TPSA) is 94.9 Å². The zero-order valence-electron chi connectivity index (χ0n) is 28.4. The first-order valence-electron chi connectivity index (χ1n) is 17.4. The van der Waals surface area contributed by atoms with E-state index in [1.165, 1.54) is 12.1 Å². The molecular weight excluding hydrogens is 638 g/mol. The molecule has 4 aliphatic heterocycles. The van der Waals surface area contributed by atoms with Gasteiger partial charge in [0.1, 0.15) is 29.5 Å². The van der Waals surface area contributed by atoms with Crippen LogP contribution in [0.5, 0.6) is 6.01 Å². The van der Waals surface area contributed by atoms with E-state index in [9.17, 15) is 9.90 Å². The Labute approximate surface area is 290 Å². The second kappa shape index (κ2) is 12.0. The van der Waals surface area contributed by atoms with E-state index in [1.807, 2.05) is 4.90 Å². The number of rotatable bonds is 7. The maximum Gasteiger partial charge on any atom is 0.319 e. The molecule has 4 saturated heterocycles. The molecular formula is C39H40F2N6O3. The number of halogens is 2. The Balaban J connectivity index is 1.29. The van der Waals surface area contributed by atoms with Gasteiger partial charge >= 0.3 is 6.01 Å². The van der Waals surface area contributed by atoms with Crippen molar-refractivity contribution in [2.75, 3.05) is 37.7 Å². The zero-order chi connectivity index (χ0) is 34.9. The van der Waals surface area contributed by atoms with E-state index in [-0.39, 0.29) is 51.9 Å². The van der Waals surface area contributed by atoms with Crippen LogP contribution in [0.4, 0.5) is 14.6 Å². The highest BCUT2D eigenvalue weighted by molar-refractivity contribution is 6.02. The van der Waals surface area contributed by atoms with E-state index in [1.54, 1.807) is 38.2 Å². The number of carbonyl (C=O) groups excluding carboxylic acids is 1. The van der Waals surface area contributed by atoms with E-state index in [2.05, 4.69) is 32.3 Å². The number of carbonyl (C=O) groups is 1. The van der Waals surface area contributed by atoms with Crippen molar-refractivity contribution in [1.82, 2.24) is 24.8 Å². The minimum Gasteiger partial charge on any atom is -0.461 e. The smallest absolute Gasteiger partial charge is 0.319 e. The van der Waals surface area contributed by atoms with Gasteiger partial charge < -0.3 is 19.6 Å². The number of hydrogen-bond donors (Lipinski definition) is 1. The second-order valence-corrected chi connectivity index (χ2v) is 14.7. The number of anilines is 1. The number of terminal acetylenes is 1. The molecule has 4 aromatic rings. The third kappa shape index (κ3) is 5.19. The van der Waals surface area contributed by atoms with Crippen LogP contribution in [0.3, 0.4) is 0 Å². The highest BCUT2D eigenvalue weighted by Crippen LogP contribution is 2.42. The van der Waals surface area contributed by atoms with Crippen LogP contribution in [0, 0.1) is 24.0 Å². The van der Waals surface area contributed by atoms with Crippen molar-refractivity contribution < 1.29 is 23.4 Å². The van der Waals surface area contributed by atoms with Gasteiger partial charge in [0, 0.05) is 42.3 Å². The number of aromatic nitrogens is 3. The number of benzene rings is 2. The summed E-state index contributed by atoms with van der Waals surface area (Å²) in [6, 6.07) is 6.17. The highest BCUT2D eigenvalue weighted by atomic mass is 19.1. The predicted octanol–water partition coefficient (Wildman–Crippen LogP) is 5.70. The zero-order valence-corrected chi connectivity index (χ0v) is 28.4. The number of amides is 1. The van der Waals surface area contributed by atoms with Crippen LogP contribution in [-0.4, -0.2) is 86.2 Å². The molecule has 4 fully saturated rings.